The Morgan fingerprint density at radius 1 is 1.21 bits per heavy atom. The summed E-state index contributed by atoms with van der Waals surface area (Å²) in [5, 5.41) is 2.33. The molecule has 0 spiro atoms. The van der Waals surface area contributed by atoms with Crippen LogP contribution in [0.2, 0.25) is 0 Å². The summed E-state index contributed by atoms with van der Waals surface area (Å²) in [5.41, 5.74) is 4.25. The third-order valence-electron chi connectivity index (χ3n) is 3.52. The summed E-state index contributed by atoms with van der Waals surface area (Å²) in [6.07, 6.45) is 2.85. The van der Waals surface area contributed by atoms with Gasteiger partial charge in [0.15, 0.2) is 0 Å². The lowest BCUT2D eigenvalue weighted by Gasteiger charge is -2.39. The van der Waals surface area contributed by atoms with Crippen LogP contribution in [0.15, 0.2) is 29.2 Å². The standard InChI is InChI=1S/C7H7FO2S.C6H12N2/c1-6-2-4-7(5-3-6)11(8,9)10;1-3-8-4-2-6(1)5-7-8/h2-5H,1H3;6-7H,1-5H2. The van der Waals surface area contributed by atoms with Crippen molar-refractivity contribution in [2.24, 2.45) is 5.92 Å². The molecular formula is C13H19FN2O2S. The number of hydrogen-bond acceptors (Lipinski definition) is 4. The summed E-state index contributed by atoms with van der Waals surface area (Å²) in [7, 11) is -4.52. The van der Waals surface area contributed by atoms with Crippen LogP contribution in [0.5, 0.6) is 0 Å². The van der Waals surface area contributed by atoms with Crippen molar-refractivity contribution in [1.82, 2.24) is 10.4 Å². The zero-order valence-electron chi connectivity index (χ0n) is 11.0. The lowest BCUT2D eigenvalue weighted by molar-refractivity contribution is 0.0572. The number of halogens is 1. The van der Waals surface area contributed by atoms with Crippen LogP contribution in [0.1, 0.15) is 18.4 Å². The van der Waals surface area contributed by atoms with Crippen molar-refractivity contribution in [3.05, 3.63) is 29.8 Å². The van der Waals surface area contributed by atoms with Gasteiger partial charge in [0.2, 0.25) is 0 Å². The van der Waals surface area contributed by atoms with E-state index < -0.39 is 10.2 Å². The van der Waals surface area contributed by atoms with Gasteiger partial charge in [0.1, 0.15) is 0 Å². The highest BCUT2D eigenvalue weighted by Gasteiger charge is 2.24. The van der Waals surface area contributed by atoms with E-state index in [1.54, 1.807) is 19.1 Å². The number of hydrazine groups is 1. The number of fused-ring (bicyclic) bond motifs is 3. The van der Waals surface area contributed by atoms with Gasteiger partial charge in [-0.25, -0.2) is 5.01 Å². The van der Waals surface area contributed by atoms with Crippen LogP contribution in [-0.4, -0.2) is 33.1 Å². The minimum atomic E-state index is -4.52. The molecule has 4 rings (SSSR count). The SMILES string of the molecule is C1CN2CCC1CN2.Cc1ccc(S(=O)(=O)F)cc1. The van der Waals surface area contributed by atoms with E-state index in [2.05, 4.69) is 10.4 Å². The topological polar surface area (TPSA) is 49.4 Å². The summed E-state index contributed by atoms with van der Waals surface area (Å²) < 4.78 is 32.8. The molecule has 0 unspecified atom stereocenters. The number of benzene rings is 1. The van der Waals surface area contributed by atoms with Gasteiger partial charge in [0.25, 0.3) is 0 Å². The quantitative estimate of drug-likeness (QED) is 0.801. The van der Waals surface area contributed by atoms with Crippen LogP contribution in [0, 0.1) is 12.8 Å². The fraction of sp³-hybridized carbons (Fsp3) is 0.538. The second-order valence-electron chi connectivity index (χ2n) is 5.04. The molecule has 6 heteroatoms. The maximum Gasteiger partial charge on any atom is 0.332 e. The van der Waals surface area contributed by atoms with Gasteiger partial charge >= 0.3 is 10.2 Å². The van der Waals surface area contributed by atoms with Gasteiger partial charge in [-0.1, -0.05) is 17.7 Å². The van der Waals surface area contributed by atoms with Crippen LogP contribution >= 0.6 is 0 Å². The Morgan fingerprint density at radius 2 is 1.79 bits per heavy atom. The van der Waals surface area contributed by atoms with Crippen molar-refractivity contribution in [1.29, 1.82) is 0 Å². The fourth-order valence-corrected chi connectivity index (χ4v) is 2.72. The fourth-order valence-electron chi connectivity index (χ4n) is 2.25. The first-order chi connectivity index (χ1) is 8.95. The van der Waals surface area contributed by atoms with E-state index in [4.69, 9.17) is 0 Å². The number of piperidine rings is 1. The predicted molar refractivity (Wildman–Crippen MR) is 71.8 cm³/mol. The first-order valence-electron chi connectivity index (χ1n) is 6.45. The number of rotatable bonds is 1. The van der Waals surface area contributed by atoms with Crippen molar-refractivity contribution in [3.8, 4) is 0 Å². The number of nitrogens with zero attached hydrogens (tertiary/aromatic N) is 1. The predicted octanol–water partition coefficient (Wildman–Crippen LogP) is 1.87. The normalized spacial score (nSPS) is 25.6. The molecule has 0 atom stereocenters. The molecule has 4 nitrogen and oxygen atoms in total. The molecule has 0 amide bonds. The number of hydrogen-bond donors (Lipinski definition) is 1. The first-order valence-corrected chi connectivity index (χ1v) is 7.83. The summed E-state index contributed by atoms with van der Waals surface area (Å²) in [4.78, 5) is -0.289. The van der Waals surface area contributed by atoms with Crippen LogP contribution in [-0.2, 0) is 10.2 Å². The van der Waals surface area contributed by atoms with Crippen LogP contribution in [0.3, 0.4) is 0 Å². The van der Waals surface area contributed by atoms with Crippen molar-refractivity contribution in [3.63, 3.8) is 0 Å². The molecule has 3 heterocycles. The van der Waals surface area contributed by atoms with E-state index >= 15 is 0 Å². The van der Waals surface area contributed by atoms with Crippen LogP contribution < -0.4 is 5.43 Å². The largest absolute Gasteiger partial charge is 0.332 e. The molecular weight excluding hydrogens is 267 g/mol. The zero-order valence-corrected chi connectivity index (χ0v) is 11.8. The van der Waals surface area contributed by atoms with E-state index in [9.17, 15) is 12.3 Å². The third-order valence-corrected chi connectivity index (χ3v) is 4.36. The molecule has 1 aromatic rings. The molecule has 3 saturated heterocycles. The van der Waals surface area contributed by atoms with Gasteiger partial charge in [0, 0.05) is 19.6 Å². The van der Waals surface area contributed by atoms with E-state index in [1.807, 2.05) is 0 Å². The van der Waals surface area contributed by atoms with E-state index in [0.29, 0.717) is 0 Å². The Kier molecular flexibility index (Phi) is 4.54. The van der Waals surface area contributed by atoms with E-state index in [1.165, 1.54) is 44.6 Å². The van der Waals surface area contributed by atoms with E-state index in [-0.39, 0.29) is 4.90 Å². The first kappa shape index (κ1) is 14.4. The maximum absolute atomic E-state index is 12.2. The molecule has 0 radical (unpaired) electrons. The number of aryl methyl sites for hydroxylation is 1. The maximum atomic E-state index is 12.2. The average molecular weight is 286 g/mol. The summed E-state index contributed by atoms with van der Waals surface area (Å²) >= 11 is 0. The molecule has 1 N–H and O–H groups in total. The van der Waals surface area contributed by atoms with Gasteiger partial charge in [-0.05, 0) is 37.8 Å². The summed E-state index contributed by atoms with van der Waals surface area (Å²) in [5.74, 6) is 1.000. The van der Waals surface area contributed by atoms with Crippen molar-refractivity contribution >= 4 is 10.2 Å². The second-order valence-corrected chi connectivity index (χ2v) is 6.39. The molecule has 19 heavy (non-hydrogen) atoms. The minimum absolute atomic E-state index is 0.289. The Balaban J connectivity index is 0.000000146. The monoisotopic (exact) mass is 286 g/mol. The van der Waals surface area contributed by atoms with Gasteiger partial charge in [-0.2, -0.15) is 8.42 Å². The molecule has 3 aliphatic rings. The van der Waals surface area contributed by atoms with Crippen LogP contribution in [0.25, 0.3) is 0 Å². The summed E-state index contributed by atoms with van der Waals surface area (Å²) in [6, 6.07) is 5.58. The van der Waals surface area contributed by atoms with Crippen molar-refractivity contribution < 1.29 is 12.3 Å². The number of nitrogens with one attached hydrogen (secondary N) is 1. The minimum Gasteiger partial charge on any atom is -0.255 e. The van der Waals surface area contributed by atoms with Gasteiger partial charge < -0.3 is 0 Å². The molecule has 2 bridgehead atoms. The van der Waals surface area contributed by atoms with Crippen molar-refractivity contribution in [2.75, 3.05) is 19.6 Å². The van der Waals surface area contributed by atoms with Crippen LogP contribution in [0.4, 0.5) is 3.89 Å². The zero-order chi connectivity index (χ0) is 13.9. The Hall–Kier alpha value is -0.980. The van der Waals surface area contributed by atoms with Gasteiger partial charge in [-0.3, -0.25) is 5.43 Å². The second kappa shape index (κ2) is 5.98. The van der Waals surface area contributed by atoms with Gasteiger partial charge in [0.05, 0.1) is 4.90 Å². The highest BCUT2D eigenvalue weighted by Crippen LogP contribution is 2.19. The van der Waals surface area contributed by atoms with E-state index in [0.717, 1.165) is 11.5 Å². The molecule has 106 valence electrons. The molecule has 1 aromatic carbocycles. The van der Waals surface area contributed by atoms with Crippen molar-refractivity contribution in [2.45, 2.75) is 24.7 Å². The average Bonchev–Trinajstić information content (AvgIpc) is 2.41. The Morgan fingerprint density at radius 3 is 2.05 bits per heavy atom. The van der Waals surface area contributed by atoms with Gasteiger partial charge in [-0.15, -0.1) is 3.89 Å². The molecule has 0 saturated carbocycles. The highest BCUT2D eigenvalue weighted by molar-refractivity contribution is 7.86. The smallest absolute Gasteiger partial charge is 0.255 e. The molecule has 0 aromatic heterocycles. The molecule has 3 fully saturated rings. The lowest BCUT2D eigenvalue weighted by Crippen LogP contribution is -2.52. The third kappa shape index (κ3) is 4.26. The Bertz CT molecular complexity index is 485. The lowest BCUT2D eigenvalue weighted by atomic mass is 9.96. The molecule has 0 aliphatic carbocycles. The summed E-state index contributed by atoms with van der Waals surface area (Å²) in [6.45, 7) is 5.60. The Labute approximate surface area is 113 Å². The molecule has 3 aliphatic heterocycles. The highest BCUT2D eigenvalue weighted by atomic mass is 32.3.